The molecule has 1 aliphatic heterocycles. The van der Waals surface area contributed by atoms with Gasteiger partial charge in [0.15, 0.2) is 0 Å². The lowest BCUT2D eigenvalue weighted by molar-refractivity contribution is 0.0523. The van der Waals surface area contributed by atoms with Crippen LogP contribution >= 0.6 is 23.2 Å². The Morgan fingerprint density at radius 3 is 2.13 bits per heavy atom. The maximum atomic E-state index is 13.5. The number of carbonyl (C=O) groups excluding carboxylic acids is 2. The van der Waals surface area contributed by atoms with E-state index in [4.69, 9.17) is 27.9 Å². The van der Waals surface area contributed by atoms with Gasteiger partial charge in [0.2, 0.25) is 0 Å². The summed E-state index contributed by atoms with van der Waals surface area (Å²) in [6, 6.07) is 17.4. The standard InChI is InChI=1S/C31H37Cl2N5O5S2/c1-31(2,3)43-30(40)34-20-21-6-11-28(36(4)44(5)41)27(16-21)29(39)35-24-7-9-26(10-8-24)45(42)38-14-12-37(13-15-38)25-18-22(32)17-23(33)19-25/h6-11,16-19H,12-15,20H2,1-5H3,(H,34,40)(H,35,39). The van der Waals surface area contributed by atoms with Crippen LogP contribution < -0.4 is 19.8 Å². The molecule has 1 aliphatic rings. The minimum absolute atomic E-state index is 0.135. The highest BCUT2D eigenvalue weighted by atomic mass is 35.5. The van der Waals surface area contributed by atoms with Gasteiger partial charge in [-0.05, 0) is 80.9 Å². The SMILES string of the molecule is CN(c1ccc(CNC(=O)OC(C)(C)C)cc1C(=O)Nc1ccc(S(=O)N2CCN(c3cc(Cl)cc(Cl)c3)CC2)cc1)S(C)=O. The van der Waals surface area contributed by atoms with Crippen LogP contribution in [-0.2, 0) is 33.3 Å². The van der Waals surface area contributed by atoms with E-state index in [9.17, 15) is 18.0 Å². The first-order chi connectivity index (χ1) is 21.2. The van der Waals surface area contributed by atoms with Gasteiger partial charge in [0.1, 0.15) is 27.6 Å². The van der Waals surface area contributed by atoms with E-state index in [0.717, 1.165) is 5.69 Å². The monoisotopic (exact) mass is 693 g/mol. The molecule has 14 heteroatoms. The lowest BCUT2D eigenvalue weighted by Crippen LogP contribution is -2.46. The fourth-order valence-corrected chi connectivity index (χ4v) is 6.73. The number of rotatable bonds is 9. The van der Waals surface area contributed by atoms with Gasteiger partial charge in [0.25, 0.3) is 5.91 Å². The average Bonchev–Trinajstić information content (AvgIpc) is 2.98. The van der Waals surface area contributed by atoms with E-state index < -0.39 is 39.6 Å². The van der Waals surface area contributed by atoms with Gasteiger partial charge < -0.3 is 20.3 Å². The summed E-state index contributed by atoms with van der Waals surface area (Å²) in [5, 5.41) is 6.71. The molecule has 1 saturated heterocycles. The Balaban J connectivity index is 1.41. The van der Waals surface area contributed by atoms with Gasteiger partial charge >= 0.3 is 6.09 Å². The van der Waals surface area contributed by atoms with E-state index in [0.29, 0.717) is 58.1 Å². The van der Waals surface area contributed by atoms with Crippen molar-refractivity contribution in [3.63, 3.8) is 0 Å². The number of alkyl carbamates (subject to hydrolysis) is 1. The van der Waals surface area contributed by atoms with Crippen molar-refractivity contribution in [1.82, 2.24) is 9.62 Å². The third-order valence-electron chi connectivity index (χ3n) is 6.87. The Morgan fingerprint density at radius 2 is 1.56 bits per heavy atom. The molecule has 0 radical (unpaired) electrons. The number of ether oxygens (including phenoxy) is 1. The summed E-state index contributed by atoms with van der Waals surface area (Å²) in [7, 11) is -1.13. The van der Waals surface area contributed by atoms with Crippen LogP contribution in [0.25, 0.3) is 0 Å². The van der Waals surface area contributed by atoms with Gasteiger partial charge in [-0.25, -0.2) is 17.5 Å². The molecule has 45 heavy (non-hydrogen) atoms. The molecule has 0 saturated carbocycles. The van der Waals surface area contributed by atoms with Crippen LogP contribution in [0.3, 0.4) is 0 Å². The number of amides is 2. The first-order valence-electron chi connectivity index (χ1n) is 14.2. The van der Waals surface area contributed by atoms with Crippen LogP contribution in [0.1, 0.15) is 36.7 Å². The quantitative estimate of drug-likeness (QED) is 0.291. The summed E-state index contributed by atoms with van der Waals surface area (Å²) >= 11 is 12.3. The van der Waals surface area contributed by atoms with Gasteiger partial charge in [0.05, 0.1) is 16.1 Å². The summed E-state index contributed by atoms with van der Waals surface area (Å²) in [5.74, 6) is -0.424. The number of piperazine rings is 1. The van der Waals surface area contributed by atoms with E-state index in [-0.39, 0.29) is 12.1 Å². The second-order valence-corrected chi connectivity index (χ2v) is 15.2. The van der Waals surface area contributed by atoms with Crippen molar-refractivity contribution in [3.8, 4) is 0 Å². The molecular formula is C31H37Cl2N5O5S2. The van der Waals surface area contributed by atoms with Crippen molar-refractivity contribution in [2.24, 2.45) is 0 Å². The molecule has 2 N–H and O–H groups in total. The first kappa shape index (κ1) is 34.7. The average molecular weight is 695 g/mol. The zero-order valence-electron chi connectivity index (χ0n) is 25.8. The molecule has 2 unspecified atom stereocenters. The fraction of sp³-hybridized carbons (Fsp3) is 0.355. The van der Waals surface area contributed by atoms with Crippen molar-refractivity contribution in [2.75, 3.05) is 54.0 Å². The molecule has 242 valence electrons. The van der Waals surface area contributed by atoms with E-state index in [2.05, 4.69) is 15.5 Å². The molecule has 0 bridgehead atoms. The summed E-state index contributed by atoms with van der Waals surface area (Å²) in [4.78, 5) is 28.4. The molecule has 10 nitrogen and oxygen atoms in total. The zero-order chi connectivity index (χ0) is 32.9. The third kappa shape index (κ3) is 9.67. The molecule has 3 aromatic carbocycles. The molecule has 0 spiro atoms. The number of halogens is 2. The number of nitrogens with one attached hydrogen (secondary N) is 2. The highest BCUT2D eigenvalue weighted by Gasteiger charge is 2.24. The molecular weight excluding hydrogens is 657 g/mol. The predicted molar refractivity (Wildman–Crippen MR) is 183 cm³/mol. The largest absolute Gasteiger partial charge is 0.444 e. The Bertz CT molecular complexity index is 1570. The molecule has 4 rings (SSSR count). The van der Waals surface area contributed by atoms with Crippen LogP contribution in [0.5, 0.6) is 0 Å². The Hall–Kier alpha value is -3.16. The molecule has 1 heterocycles. The number of hydrogen-bond acceptors (Lipinski definition) is 6. The van der Waals surface area contributed by atoms with Crippen molar-refractivity contribution in [3.05, 3.63) is 81.8 Å². The topological polar surface area (TPSA) is 111 Å². The van der Waals surface area contributed by atoms with E-state index in [1.807, 2.05) is 16.4 Å². The van der Waals surface area contributed by atoms with Crippen LogP contribution in [-0.4, -0.2) is 69.8 Å². The number of carbonyl (C=O) groups is 2. The van der Waals surface area contributed by atoms with Gasteiger partial charge in [0, 0.05) is 67.4 Å². The number of hydrogen-bond donors (Lipinski definition) is 2. The highest BCUT2D eigenvalue weighted by Crippen LogP contribution is 2.28. The van der Waals surface area contributed by atoms with Crippen molar-refractivity contribution >= 4 is 74.2 Å². The lowest BCUT2D eigenvalue weighted by atomic mass is 10.1. The van der Waals surface area contributed by atoms with Crippen LogP contribution in [0.2, 0.25) is 10.0 Å². The lowest BCUT2D eigenvalue weighted by Gasteiger charge is -2.35. The molecule has 1 fully saturated rings. The van der Waals surface area contributed by atoms with Crippen molar-refractivity contribution < 1.29 is 22.7 Å². The summed E-state index contributed by atoms with van der Waals surface area (Å²) in [6.45, 7) is 7.97. The second-order valence-electron chi connectivity index (χ2n) is 11.4. The predicted octanol–water partition coefficient (Wildman–Crippen LogP) is 5.84. The van der Waals surface area contributed by atoms with Crippen LogP contribution in [0.15, 0.2) is 65.6 Å². The second kappa shape index (κ2) is 15.0. The normalized spacial score (nSPS) is 15.2. The smallest absolute Gasteiger partial charge is 0.407 e. The van der Waals surface area contributed by atoms with Crippen molar-refractivity contribution in [1.29, 1.82) is 0 Å². The molecule has 0 aromatic heterocycles. The van der Waals surface area contributed by atoms with Crippen LogP contribution in [0.4, 0.5) is 21.9 Å². The number of anilines is 3. The maximum absolute atomic E-state index is 13.5. The summed E-state index contributed by atoms with van der Waals surface area (Å²) < 4.78 is 34.3. The summed E-state index contributed by atoms with van der Waals surface area (Å²) in [5.41, 5.74) is 2.20. The van der Waals surface area contributed by atoms with Gasteiger partial charge in [-0.1, -0.05) is 29.3 Å². The van der Waals surface area contributed by atoms with E-state index in [1.54, 1.807) is 76.3 Å². The zero-order valence-corrected chi connectivity index (χ0v) is 28.9. The fourth-order valence-electron chi connectivity index (χ4n) is 4.61. The van der Waals surface area contributed by atoms with Gasteiger partial charge in [-0.3, -0.25) is 9.10 Å². The van der Waals surface area contributed by atoms with E-state index in [1.165, 1.54) is 10.6 Å². The number of nitrogens with zero attached hydrogens (tertiary/aromatic N) is 3. The van der Waals surface area contributed by atoms with Gasteiger partial charge in [-0.2, -0.15) is 0 Å². The van der Waals surface area contributed by atoms with Crippen molar-refractivity contribution in [2.45, 2.75) is 37.8 Å². The first-order valence-corrected chi connectivity index (χ1v) is 17.5. The Kier molecular flexibility index (Phi) is 11.5. The minimum Gasteiger partial charge on any atom is -0.444 e. The number of benzene rings is 3. The van der Waals surface area contributed by atoms with Gasteiger partial charge in [-0.15, -0.1) is 0 Å². The molecule has 2 atom stereocenters. The van der Waals surface area contributed by atoms with E-state index >= 15 is 0 Å². The molecule has 2 amide bonds. The maximum Gasteiger partial charge on any atom is 0.407 e. The third-order valence-corrected chi connectivity index (χ3v) is 9.78. The Morgan fingerprint density at radius 1 is 0.933 bits per heavy atom. The molecule has 0 aliphatic carbocycles. The summed E-state index contributed by atoms with van der Waals surface area (Å²) in [6.07, 6.45) is 0.945. The minimum atomic E-state index is -1.38. The Labute approximate surface area is 279 Å². The molecule has 3 aromatic rings. The highest BCUT2D eigenvalue weighted by molar-refractivity contribution is 7.85. The van der Waals surface area contributed by atoms with Crippen LogP contribution in [0, 0.1) is 0 Å².